The van der Waals surface area contributed by atoms with Gasteiger partial charge in [-0.3, -0.25) is 24.0 Å². The summed E-state index contributed by atoms with van der Waals surface area (Å²) in [5.41, 5.74) is -1.17. The van der Waals surface area contributed by atoms with E-state index >= 15 is 0 Å². The molecule has 2 aromatic carbocycles. The maximum atomic E-state index is 13.9. The molecule has 2 heterocycles. The minimum Gasteiger partial charge on any atom is -0.462 e. The Bertz CT molecular complexity index is 1710. The summed E-state index contributed by atoms with van der Waals surface area (Å²) in [5.74, 6) is -4.85. The highest BCUT2D eigenvalue weighted by Crippen LogP contribution is 2.50. The summed E-state index contributed by atoms with van der Waals surface area (Å²) < 4.78 is 37.6. The first-order valence-electron chi connectivity index (χ1n) is 18.2. The number of aryl methyl sites for hydroxylation is 1. The van der Waals surface area contributed by atoms with Crippen LogP contribution >= 0.6 is 0 Å². The Morgan fingerprint density at radius 1 is 0.660 bits per heavy atom. The van der Waals surface area contributed by atoms with Crippen LogP contribution in [-0.4, -0.2) is 60.7 Å². The van der Waals surface area contributed by atoms with Gasteiger partial charge in [-0.05, 0) is 107 Å². The third-order valence-electron chi connectivity index (χ3n) is 9.05. The molecule has 1 spiro atoms. The van der Waals surface area contributed by atoms with Crippen LogP contribution in [0.25, 0.3) is 0 Å². The van der Waals surface area contributed by atoms with Crippen molar-refractivity contribution in [3.05, 3.63) is 70.3 Å². The molecule has 11 heteroatoms. The predicted molar refractivity (Wildman–Crippen MR) is 195 cm³/mol. The van der Waals surface area contributed by atoms with Crippen molar-refractivity contribution in [2.24, 2.45) is 21.7 Å². The Kier molecular flexibility index (Phi) is 11.8. The minimum atomic E-state index is -2.00. The molecule has 11 nitrogen and oxygen atoms in total. The zero-order chi connectivity index (χ0) is 39.9. The summed E-state index contributed by atoms with van der Waals surface area (Å²) in [6, 6.07) is 12.4. The van der Waals surface area contributed by atoms with Gasteiger partial charge in [0.15, 0.2) is 18.0 Å². The van der Waals surface area contributed by atoms with Gasteiger partial charge in [-0.1, -0.05) is 43.3 Å². The minimum absolute atomic E-state index is 0.0283. The third-order valence-corrected chi connectivity index (χ3v) is 9.05. The lowest BCUT2D eigenvalue weighted by atomic mass is 9.84. The molecule has 5 atom stereocenters. The normalized spacial score (nSPS) is 23.2. The number of fused-ring (bicyclic) bond motifs is 2. The van der Waals surface area contributed by atoms with Crippen LogP contribution in [0, 0.1) is 21.7 Å². The monoisotopic (exact) mass is 736 g/mol. The zero-order valence-corrected chi connectivity index (χ0v) is 33.5. The molecule has 4 rings (SSSR count). The third kappa shape index (κ3) is 9.18. The van der Waals surface area contributed by atoms with Crippen LogP contribution in [0.1, 0.15) is 123 Å². The van der Waals surface area contributed by atoms with Crippen LogP contribution in [0.2, 0.25) is 0 Å². The van der Waals surface area contributed by atoms with E-state index in [9.17, 15) is 24.0 Å². The molecule has 0 bridgehead atoms. The number of hydrogen-bond acceptors (Lipinski definition) is 11. The second kappa shape index (κ2) is 15.0. The summed E-state index contributed by atoms with van der Waals surface area (Å²) in [4.78, 5) is 68.2. The van der Waals surface area contributed by atoms with Gasteiger partial charge in [0.05, 0.1) is 28.3 Å². The van der Waals surface area contributed by atoms with E-state index < -0.39 is 82.3 Å². The first kappa shape index (κ1) is 41.7. The lowest BCUT2D eigenvalue weighted by Gasteiger charge is -2.50. The molecule has 0 N–H and O–H groups in total. The summed E-state index contributed by atoms with van der Waals surface area (Å²) in [7, 11) is 0. The maximum absolute atomic E-state index is 13.9. The van der Waals surface area contributed by atoms with Gasteiger partial charge in [0, 0.05) is 16.7 Å². The fourth-order valence-corrected chi connectivity index (χ4v) is 5.59. The molecular formula is C42H56O11. The molecule has 290 valence electrons. The van der Waals surface area contributed by atoms with Crippen LogP contribution in [0.15, 0.2) is 42.5 Å². The second-order valence-electron chi connectivity index (χ2n) is 18.0. The van der Waals surface area contributed by atoms with E-state index in [-0.39, 0.29) is 12.4 Å². The molecule has 1 saturated heterocycles. The number of ketones is 1. The Morgan fingerprint density at radius 3 is 1.66 bits per heavy atom. The fraction of sp³-hybridized carbons (Fsp3) is 0.595. The maximum Gasteiger partial charge on any atom is 0.311 e. The van der Waals surface area contributed by atoms with Crippen molar-refractivity contribution in [1.82, 2.24) is 0 Å². The van der Waals surface area contributed by atoms with Gasteiger partial charge in [-0.15, -0.1) is 0 Å². The average molecular weight is 737 g/mol. The van der Waals surface area contributed by atoms with Gasteiger partial charge in [0.1, 0.15) is 12.7 Å². The molecule has 0 aliphatic carbocycles. The van der Waals surface area contributed by atoms with Crippen molar-refractivity contribution in [3.63, 3.8) is 0 Å². The van der Waals surface area contributed by atoms with E-state index in [1.807, 2.05) is 19.1 Å². The number of ether oxygens (including phenoxy) is 6. The van der Waals surface area contributed by atoms with E-state index in [1.165, 1.54) is 0 Å². The smallest absolute Gasteiger partial charge is 0.311 e. The van der Waals surface area contributed by atoms with Gasteiger partial charge in [-0.25, -0.2) is 0 Å². The van der Waals surface area contributed by atoms with Crippen molar-refractivity contribution >= 4 is 29.7 Å². The second-order valence-corrected chi connectivity index (χ2v) is 18.0. The highest BCUT2D eigenvalue weighted by molar-refractivity contribution is 6.09. The zero-order valence-electron chi connectivity index (χ0n) is 33.5. The summed E-state index contributed by atoms with van der Waals surface area (Å²) in [5, 5.41) is 0. The van der Waals surface area contributed by atoms with Crippen molar-refractivity contribution in [3.8, 4) is 0 Å². The summed E-state index contributed by atoms with van der Waals surface area (Å²) >= 11 is 0. The van der Waals surface area contributed by atoms with E-state index in [1.54, 1.807) is 113 Å². The Hall–Kier alpha value is -4.09. The fourth-order valence-electron chi connectivity index (χ4n) is 5.59. The first-order chi connectivity index (χ1) is 24.3. The lowest BCUT2D eigenvalue weighted by molar-refractivity contribution is -0.372. The van der Waals surface area contributed by atoms with Crippen LogP contribution in [0.3, 0.4) is 0 Å². The molecule has 53 heavy (non-hydrogen) atoms. The molecule has 0 aromatic heterocycles. The van der Waals surface area contributed by atoms with Crippen LogP contribution in [-0.2, 0) is 66.4 Å². The van der Waals surface area contributed by atoms with Gasteiger partial charge >= 0.3 is 23.9 Å². The molecule has 1 fully saturated rings. The number of benzene rings is 2. The summed E-state index contributed by atoms with van der Waals surface area (Å²) in [6.45, 7) is 21.6. The van der Waals surface area contributed by atoms with Crippen LogP contribution < -0.4 is 0 Å². The van der Waals surface area contributed by atoms with Crippen LogP contribution in [0.4, 0.5) is 0 Å². The largest absolute Gasteiger partial charge is 0.462 e. The van der Waals surface area contributed by atoms with E-state index in [0.717, 1.165) is 12.0 Å². The molecule has 0 saturated carbocycles. The molecule has 0 radical (unpaired) electrons. The summed E-state index contributed by atoms with van der Waals surface area (Å²) in [6.07, 6.45) is -4.97. The number of rotatable bonds is 8. The molecule has 2 aliphatic heterocycles. The van der Waals surface area contributed by atoms with Crippen molar-refractivity contribution in [2.45, 2.75) is 133 Å². The predicted octanol–water partition coefficient (Wildman–Crippen LogP) is 7.02. The highest BCUT2D eigenvalue weighted by Gasteiger charge is 2.65. The average Bonchev–Trinajstić information content (AvgIpc) is 3.41. The standard InChI is InChI=1S/C42H56O11/c1-14-24-15-17-25(18-16-24)30(43)26-19-20-27-22-49-42(28(27)21-26)33(52-37(47)41(11,12)13)32(51-36(46)40(8,9)10)31(50-35(45)39(5,6)7)29(53-42)23-48-34(44)38(2,3)4/h15-21,29,31-33H,14,22-23H2,1-13H3/t29-,31-,32+,33-,42?/m1/s1. The Balaban J connectivity index is 1.97. The van der Waals surface area contributed by atoms with Crippen LogP contribution in [0.5, 0.6) is 0 Å². The van der Waals surface area contributed by atoms with E-state index in [2.05, 4.69) is 0 Å². The first-order valence-corrected chi connectivity index (χ1v) is 18.2. The molecule has 1 unspecified atom stereocenters. The Morgan fingerprint density at radius 2 is 1.15 bits per heavy atom. The SMILES string of the molecule is CCc1ccc(C(=O)c2ccc3c(c2)C2(OC3)O[C@H](COC(=O)C(C)(C)C)[C@@H](OC(=O)C(C)(C)C)[C@H](OC(=O)C(C)(C)C)[C@H]2OC(=O)C(C)(C)C)cc1. The van der Waals surface area contributed by atoms with Gasteiger partial charge in [0.25, 0.3) is 0 Å². The number of carbonyl (C=O) groups is 5. The number of hydrogen-bond donors (Lipinski definition) is 0. The van der Waals surface area contributed by atoms with Gasteiger partial charge < -0.3 is 28.4 Å². The highest BCUT2D eigenvalue weighted by atomic mass is 16.8. The Labute approximate surface area is 313 Å². The van der Waals surface area contributed by atoms with E-state index in [0.29, 0.717) is 22.3 Å². The molecular weight excluding hydrogens is 680 g/mol. The van der Waals surface area contributed by atoms with Crippen molar-refractivity contribution in [1.29, 1.82) is 0 Å². The number of carbonyl (C=O) groups excluding carboxylic acids is 5. The van der Waals surface area contributed by atoms with Crippen molar-refractivity contribution in [2.75, 3.05) is 6.61 Å². The number of esters is 4. The molecule has 2 aromatic rings. The molecule has 2 aliphatic rings. The quantitative estimate of drug-likeness (QED) is 0.157. The van der Waals surface area contributed by atoms with Gasteiger partial charge in [0.2, 0.25) is 11.9 Å². The lowest BCUT2D eigenvalue weighted by Crippen LogP contribution is -2.67. The topological polar surface area (TPSA) is 141 Å². The molecule has 0 amide bonds. The van der Waals surface area contributed by atoms with Gasteiger partial charge in [-0.2, -0.15) is 0 Å². The van der Waals surface area contributed by atoms with E-state index in [4.69, 9.17) is 28.4 Å². The van der Waals surface area contributed by atoms with Crippen molar-refractivity contribution < 1.29 is 52.4 Å².